The molecule has 0 bridgehead atoms. The van der Waals surface area contributed by atoms with E-state index in [1.54, 1.807) is 19.1 Å². The van der Waals surface area contributed by atoms with Crippen LogP contribution in [0, 0.1) is 5.82 Å². The van der Waals surface area contributed by atoms with Crippen LogP contribution in [0.4, 0.5) is 18.9 Å². The van der Waals surface area contributed by atoms with Crippen molar-refractivity contribution in [1.82, 2.24) is 10.2 Å². The summed E-state index contributed by atoms with van der Waals surface area (Å²) >= 11 is 0. The second-order valence-corrected chi connectivity index (χ2v) is 8.17. The van der Waals surface area contributed by atoms with Crippen LogP contribution in [0.25, 0.3) is 10.9 Å². The molecule has 0 unspecified atom stereocenters. The van der Waals surface area contributed by atoms with Crippen molar-refractivity contribution < 1.29 is 23.4 Å². The summed E-state index contributed by atoms with van der Waals surface area (Å²) in [6, 6.07) is 8.73. The zero-order valence-corrected chi connectivity index (χ0v) is 17.0. The maximum absolute atomic E-state index is 14.6. The van der Waals surface area contributed by atoms with E-state index in [1.807, 2.05) is 6.07 Å². The molecule has 4 rings (SSSR count). The van der Waals surface area contributed by atoms with Crippen molar-refractivity contribution in [3.63, 3.8) is 0 Å². The average Bonchev–Trinajstić information content (AvgIpc) is 2.75. The molecular formula is C23H24F3N3O2. The number of alkyl halides is 2. The molecule has 1 atom stereocenters. The molecule has 1 aliphatic carbocycles. The van der Waals surface area contributed by atoms with Gasteiger partial charge in [0.15, 0.2) is 0 Å². The van der Waals surface area contributed by atoms with Gasteiger partial charge in [-0.2, -0.15) is 10.2 Å². The zero-order valence-electron chi connectivity index (χ0n) is 17.0. The fourth-order valence-corrected chi connectivity index (χ4v) is 4.21. The van der Waals surface area contributed by atoms with E-state index in [2.05, 4.69) is 15.5 Å². The zero-order chi connectivity index (χ0) is 22.2. The number of fused-ring (bicyclic) bond motifs is 1. The minimum Gasteiger partial charge on any atom is -0.393 e. The van der Waals surface area contributed by atoms with Crippen molar-refractivity contribution in [3.8, 4) is 0 Å². The molecule has 0 amide bonds. The lowest BCUT2D eigenvalue weighted by molar-refractivity contribution is -0.0360. The first-order valence-electron chi connectivity index (χ1n) is 10.3. The number of halogens is 3. The van der Waals surface area contributed by atoms with Crippen molar-refractivity contribution in [2.75, 3.05) is 5.32 Å². The number of rotatable bonds is 5. The van der Waals surface area contributed by atoms with Gasteiger partial charge in [-0.15, -0.1) is 0 Å². The number of hydrogen-bond donors (Lipinski definition) is 3. The van der Waals surface area contributed by atoms with E-state index < -0.39 is 35.6 Å². The smallest absolute Gasteiger partial charge is 0.266 e. The van der Waals surface area contributed by atoms with Gasteiger partial charge >= 0.3 is 0 Å². The summed E-state index contributed by atoms with van der Waals surface area (Å²) in [7, 11) is 0. The normalized spacial score (nSPS) is 22.6. The molecule has 0 spiro atoms. The van der Waals surface area contributed by atoms with Gasteiger partial charge in [-0.1, -0.05) is 24.3 Å². The van der Waals surface area contributed by atoms with Gasteiger partial charge < -0.3 is 15.5 Å². The molecule has 1 aromatic heterocycles. The molecule has 3 aromatic rings. The maximum Gasteiger partial charge on any atom is 0.266 e. The lowest BCUT2D eigenvalue weighted by atomic mass is 9.78. The predicted octanol–water partition coefficient (Wildman–Crippen LogP) is 5.00. The van der Waals surface area contributed by atoms with Crippen LogP contribution in [-0.2, 0) is 5.60 Å². The monoisotopic (exact) mass is 431 g/mol. The van der Waals surface area contributed by atoms with Crippen LogP contribution in [0.2, 0.25) is 0 Å². The van der Waals surface area contributed by atoms with Crippen molar-refractivity contribution in [2.45, 2.75) is 56.8 Å². The molecule has 0 aliphatic heterocycles. The Morgan fingerprint density at radius 2 is 1.84 bits per heavy atom. The summed E-state index contributed by atoms with van der Waals surface area (Å²) < 4.78 is 40.7. The van der Waals surface area contributed by atoms with Crippen LogP contribution in [0.5, 0.6) is 0 Å². The predicted molar refractivity (Wildman–Crippen MR) is 111 cm³/mol. The van der Waals surface area contributed by atoms with E-state index in [0.717, 1.165) is 6.07 Å². The number of nitrogens with one attached hydrogen (secondary N) is 1. The minimum atomic E-state index is -2.90. The molecule has 8 heteroatoms. The second kappa shape index (κ2) is 8.43. The van der Waals surface area contributed by atoms with Crippen LogP contribution >= 0.6 is 0 Å². The van der Waals surface area contributed by atoms with E-state index in [4.69, 9.17) is 0 Å². The molecule has 164 valence electrons. The third-order valence-corrected chi connectivity index (χ3v) is 6.09. The summed E-state index contributed by atoms with van der Waals surface area (Å²) in [6.07, 6.45) is 0.130. The molecule has 0 saturated heterocycles. The van der Waals surface area contributed by atoms with Crippen molar-refractivity contribution in [2.24, 2.45) is 0 Å². The van der Waals surface area contributed by atoms with Gasteiger partial charge in [0.1, 0.15) is 5.82 Å². The fourth-order valence-electron chi connectivity index (χ4n) is 4.21. The molecular weight excluding hydrogens is 407 g/mol. The van der Waals surface area contributed by atoms with E-state index in [-0.39, 0.29) is 5.56 Å². The summed E-state index contributed by atoms with van der Waals surface area (Å²) in [5.41, 5.74) is 0.299. The molecule has 1 heterocycles. The van der Waals surface area contributed by atoms with Gasteiger partial charge in [0.2, 0.25) is 0 Å². The summed E-state index contributed by atoms with van der Waals surface area (Å²) in [6.45, 7) is 1.68. The molecule has 0 radical (unpaired) electrons. The Bertz CT molecular complexity index is 1080. The first kappa shape index (κ1) is 21.5. The van der Waals surface area contributed by atoms with E-state index >= 15 is 0 Å². The Kier molecular flexibility index (Phi) is 5.85. The quantitative estimate of drug-likeness (QED) is 0.530. The Hall–Kier alpha value is -2.71. The van der Waals surface area contributed by atoms with Gasteiger partial charge in [-0.3, -0.25) is 0 Å². The Labute approximate surface area is 177 Å². The van der Waals surface area contributed by atoms with Gasteiger partial charge in [-0.05, 0) is 50.3 Å². The average molecular weight is 431 g/mol. The molecule has 3 N–H and O–H groups in total. The van der Waals surface area contributed by atoms with Crippen molar-refractivity contribution in [1.29, 1.82) is 0 Å². The highest BCUT2D eigenvalue weighted by Crippen LogP contribution is 2.39. The first-order valence-corrected chi connectivity index (χ1v) is 10.3. The molecule has 1 saturated carbocycles. The molecule has 31 heavy (non-hydrogen) atoms. The standard InChI is InChI=1S/C23H24F3N3O2/c1-13(16-3-2-4-17(21(16)24)22(25)26)28-20-12-27-29-19-6-5-14(11-18(19)20)23(31)9-7-15(30)8-10-23/h2-6,11-13,15,22,30-31H,7-10H2,1H3,(H,28,29)/t13-,15?,23?/m1/s1. The fraction of sp³-hybridized carbons (Fsp3) is 0.391. The van der Waals surface area contributed by atoms with Gasteiger partial charge in [-0.25, -0.2) is 13.2 Å². The molecule has 5 nitrogen and oxygen atoms in total. The lowest BCUT2D eigenvalue weighted by Crippen LogP contribution is -2.33. The molecule has 1 aliphatic rings. The molecule has 1 fully saturated rings. The maximum atomic E-state index is 14.6. The second-order valence-electron chi connectivity index (χ2n) is 8.17. The highest BCUT2D eigenvalue weighted by atomic mass is 19.3. The third kappa shape index (κ3) is 4.22. The van der Waals surface area contributed by atoms with Crippen LogP contribution in [0.1, 0.15) is 61.8 Å². The Morgan fingerprint density at radius 3 is 2.55 bits per heavy atom. The number of aliphatic hydroxyl groups excluding tert-OH is 1. The third-order valence-electron chi connectivity index (χ3n) is 6.09. The van der Waals surface area contributed by atoms with Crippen LogP contribution in [0.15, 0.2) is 42.6 Å². The number of hydrogen-bond acceptors (Lipinski definition) is 5. The first-order chi connectivity index (χ1) is 14.8. The van der Waals surface area contributed by atoms with Gasteiger partial charge in [0.25, 0.3) is 6.43 Å². The largest absolute Gasteiger partial charge is 0.393 e. The van der Waals surface area contributed by atoms with E-state index in [0.29, 0.717) is 47.8 Å². The number of anilines is 1. The summed E-state index contributed by atoms with van der Waals surface area (Å²) in [5, 5.41) is 32.8. The summed E-state index contributed by atoms with van der Waals surface area (Å²) in [4.78, 5) is 0. The van der Waals surface area contributed by atoms with E-state index in [9.17, 15) is 23.4 Å². The van der Waals surface area contributed by atoms with Gasteiger partial charge in [0.05, 0.1) is 40.7 Å². The number of benzene rings is 2. The van der Waals surface area contributed by atoms with Gasteiger partial charge in [0, 0.05) is 10.9 Å². The molecule has 2 aromatic carbocycles. The van der Waals surface area contributed by atoms with Crippen LogP contribution < -0.4 is 5.32 Å². The number of aromatic nitrogens is 2. The minimum absolute atomic E-state index is 0.124. The van der Waals surface area contributed by atoms with E-state index in [1.165, 1.54) is 18.3 Å². The number of nitrogens with zero attached hydrogens (tertiary/aromatic N) is 2. The highest BCUT2D eigenvalue weighted by molar-refractivity contribution is 5.91. The number of aliphatic hydroxyl groups is 2. The Morgan fingerprint density at radius 1 is 1.13 bits per heavy atom. The highest BCUT2D eigenvalue weighted by Gasteiger charge is 2.34. The SMILES string of the molecule is C[C@@H](Nc1cnnc2ccc(C3(O)CCC(O)CC3)cc12)c1cccc(C(F)F)c1F. The van der Waals surface area contributed by atoms with Crippen molar-refractivity contribution in [3.05, 3.63) is 65.1 Å². The van der Waals surface area contributed by atoms with Crippen molar-refractivity contribution >= 4 is 16.6 Å². The Balaban J connectivity index is 1.68. The van der Waals surface area contributed by atoms with Crippen LogP contribution in [0.3, 0.4) is 0 Å². The lowest BCUT2D eigenvalue weighted by Gasteiger charge is -2.35. The topological polar surface area (TPSA) is 78.3 Å². The van der Waals surface area contributed by atoms with Crippen LogP contribution in [-0.4, -0.2) is 26.5 Å². The summed E-state index contributed by atoms with van der Waals surface area (Å²) in [5.74, 6) is -0.931.